The molecule has 1 unspecified atom stereocenters. The zero-order valence-corrected chi connectivity index (χ0v) is 13.3. The van der Waals surface area contributed by atoms with Crippen molar-refractivity contribution in [3.8, 4) is 0 Å². The minimum atomic E-state index is -0.790. The number of hydrogen-bond donors (Lipinski definition) is 1. The number of carboxylic acids is 1. The molecule has 0 amide bonds. The maximum Gasteiger partial charge on any atom is 0.308 e. The summed E-state index contributed by atoms with van der Waals surface area (Å²) < 4.78 is 11.6. The molecule has 1 N–H and O–H groups in total. The van der Waals surface area contributed by atoms with Gasteiger partial charge in [0.05, 0.1) is 12.0 Å². The fraction of sp³-hybridized carbons (Fsp3) is 0.938. The number of rotatable bonds is 8. The fourth-order valence-electron chi connectivity index (χ4n) is 2.81. The van der Waals surface area contributed by atoms with Crippen molar-refractivity contribution in [1.82, 2.24) is 0 Å². The summed E-state index contributed by atoms with van der Waals surface area (Å²) in [4.78, 5) is 11.3. The normalized spacial score (nSPS) is 25.7. The molecule has 0 spiro atoms. The summed E-state index contributed by atoms with van der Waals surface area (Å²) in [6, 6.07) is 0. The molecular formula is C16H30O4. The zero-order valence-electron chi connectivity index (χ0n) is 13.3. The van der Waals surface area contributed by atoms with Gasteiger partial charge in [0.15, 0.2) is 6.29 Å². The molecule has 1 saturated heterocycles. The summed E-state index contributed by atoms with van der Waals surface area (Å²) >= 11 is 0. The summed E-state index contributed by atoms with van der Waals surface area (Å²) in [5.41, 5.74) is 0. The number of ether oxygens (including phenoxy) is 2. The molecule has 0 aliphatic carbocycles. The van der Waals surface area contributed by atoms with Gasteiger partial charge in [-0.05, 0) is 44.4 Å². The van der Waals surface area contributed by atoms with E-state index < -0.39 is 11.9 Å². The monoisotopic (exact) mass is 286 g/mol. The number of carboxylic acid groups (broad SMARTS) is 1. The molecule has 0 bridgehead atoms. The van der Waals surface area contributed by atoms with E-state index in [1.165, 1.54) is 0 Å². The molecule has 4 heteroatoms. The standard InChI is InChI=1S/C16H30O4/c1-5-11(2)10-12(3)15(13(4)16(17)18)20-14-8-6-7-9-19-14/h11-15H,5-10H2,1-4H3,(H,17,18)/t11-,12-,13+,14?,15-/m0/s1. The van der Waals surface area contributed by atoms with Crippen molar-refractivity contribution in [1.29, 1.82) is 0 Å². The van der Waals surface area contributed by atoms with Gasteiger partial charge >= 0.3 is 5.97 Å². The van der Waals surface area contributed by atoms with E-state index in [0.717, 1.165) is 38.7 Å². The van der Waals surface area contributed by atoms with Gasteiger partial charge in [-0.2, -0.15) is 0 Å². The Labute approximate surface area is 122 Å². The molecule has 1 aliphatic heterocycles. The van der Waals surface area contributed by atoms with E-state index in [9.17, 15) is 9.90 Å². The quantitative estimate of drug-likeness (QED) is 0.739. The molecule has 20 heavy (non-hydrogen) atoms. The van der Waals surface area contributed by atoms with Crippen LogP contribution < -0.4 is 0 Å². The minimum absolute atomic E-state index is 0.224. The summed E-state index contributed by atoms with van der Waals surface area (Å²) in [7, 11) is 0. The summed E-state index contributed by atoms with van der Waals surface area (Å²) in [5, 5.41) is 9.30. The van der Waals surface area contributed by atoms with Crippen LogP contribution in [0.5, 0.6) is 0 Å². The molecule has 1 heterocycles. The molecule has 0 radical (unpaired) electrons. The average Bonchev–Trinajstić information content (AvgIpc) is 2.44. The Balaban J connectivity index is 2.65. The Kier molecular flexibility index (Phi) is 7.52. The van der Waals surface area contributed by atoms with Crippen LogP contribution in [0.2, 0.25) is 0 Å². The van der Waals surface area contributed by atoms with Crippen LogP contribution in [0, 0.1) is 17.8 Å². The zero-order chi connectivity index (χ0) is 15.1. The molecule has 1 fully saturated rings. The second kappa shape index (κ2) is 8.63. The number of aliphatic carboxylic acids is 1. The summed E-state index contributed by atoms with van der Waals surface area (Å²) in [6.07, 6.45) is 4.64. The van der Waals surface area contributed by atoms with Crippen molar-refractivity contribution in [2.75, 3.05) is 6.61 Å². The van der Waals surface area contributed by atoms with Crippen LogP contribution in [0.25, 0.3) is 0 Å². The SMILES string of the molecule is CC[C@H](C)C[C@H](C)[C@H](OC1CCCCO1)[C@@H](C)C(=O)O. The van der Waals surface area contributed by atoms with Gasteiger partial charge in [-0.1, -0.05) is 27.2 Å². The lowest BCUT2D eigenvalue weighted by atomic mass is 9.85. The lowest BCUT2D eigenvalue weighted by Crippen LogP contribution is -2.39. The molecule has 1 aliphatic rings. The number of hydrogen-bond acceptors (Lipinski definition) is 3. The van der Waals surface area contributed by atoms with Crippen molar-refractivity contribution >= 4 is 5.97 Å². The second-order valence-corrected chi connectivity index (χ2v) is 6.25. The van der Waals surface area contributed by atoms with E-state index in [-0.39, 0.29) is 18.3 Å². The molecule has 5 atom stereocenters. The van der Waals surface area contributed by atoms with Crippen molar-refractivity contribution in [3.63, 3.8) is 0 Å². The molecule has 118 valence electrons. The van der Waals surface area contributed by atoms with Gasteiger partial charge in [-0.3, -0.25) is 4.79 Å². The molecule has 4 nitrogen and oxygen atoms in total. The van der Waals surface area contributed by atoms with Crippen molar-refractivity contribution in [3.05, 3.63) is 0 Å². The second-order valence-electron chi connectivity index (χ2n) is 6.25. The van der Waals surface area contributed by atoms with Gasteiger partial charge in [0.25, 0.3) is 0 Å². The van der Waals surface area contributed by atoms with Crippen LogP contribution in [0.3, 0.4) is 0 Å². The van der Waals surface area contributed by atoms with Crippen LogP contribution in [-0.2, 0) is 14.3 Å². The predicted octanol–water partition coefficient (Wildman–Crippen LogP) is 3.69. The van der Waals surface area contributed by atoms with Gasteiger partial charge in [-0.25, -0.2) is 0 Å². The highest BCUT2D eigenvalue weighted by molar-refractivity contribution is 5.70. The Hall–Kier alpha value is -0.610. The van der Waals surface area contributed by atoms with Crippen LogP contribution in [-0.4, -0.2) is 30.1 Å². The summed E-state index contributed by atoms with van der Waals surface area (Å²) in [6.45, 7) is 8.93. The van der Waals surface area contributed by atoms with Crippen LogP contribution in [0.15, 0.2) is 0 Å². The third kappa shape index (κ3) is 5.41. The first-order valence-electron chi connectivity index (χ1n) is 7.95. The first-order valence-corrected chi connectivity index (χ1v) is 7.95. The smallest absolute Gasteiger partial charge is 0.308 e. The fourth-order valence-corrected chi connectivity index (χ4v) is 2.81. The minimum Gasteiger partial charge on any atom is -0.481 e. The lowest BCUT2D eigenvalue weighted by Gasteiger charge is -2.34. The highest BCUT2D eigenvalue weighted by atomic mass is 16.7. The first kappa shape index (κ1) is 17.4. The third-order valence-corrected chi connectivity index (χ3v) is 4.36. The molecule has 0 saturated carbocycles. The maximum atomic E-state index is 11.3. The Morgan fingerprint density at radius 2 is 2.05 bits per heavy atom. The molecule has 0 aromatic carbocycles. The van der Waals surface area contributed by atoms with Gasteiger partial charge < -0.3 is 14.6 Å². The Morgan fingerprint density at radius 1 is 1.35 bits per heavy atom. The Bertz CT molecular complexity index is 286. The molecule has 0 aromatic heterocycles. The third-order valence-electron chi connectivity index (χ3n) is 4.36. The number of carbonyl (C=O) groups is 1. The molecule has 1 rings (SSSR count). The topological polar surface area (TPSA) is 55.8 Å². The van der Waals surface area contributed by atoms with Gasteiger partial charge in [0.1, 0.15) is 0 Å². The first-order chi connectivity index (χ1) is 9.45. The predicted molar refractivity (Wildman–Crippen MR) is 78.5 cm³/mol. The lowest BCUT2D eigenvalue weighted by molar-refractivity contribution is -0.211. The van der Waals surface area contributed by atoms with E-state index in [1.54, 1.807) is 6.92 Å². The van der Waals surface area contributed by atoms with Crippen LogP contribution >= 0.6 is 0 Å². The van der Waals surface area contributed by atoms with E-state index in [4.69, 9.17) is 9.47 Å². The molecular weight excluding hydrogens is 256 g/mol. The molecule has 0 aromatic rings. The van der Waals surface area contributed by atoms with E-state index in [0.29, 0.717) is 5.92 Å². The van der Waals surface area contributed by atoms with Crippen molar-refractivity contribution in [2.45, 2.75) is 72.2 Å². The average molecular weight is 286 g/mol. The highest BCUT2D eigenvalue weighted by Gasteiger charge is 2.33. The maximum absolute atomic E-state index is 11.3. The van der Waals surface area contributed by atoms with Gasteiger partial charge in [0, 0.05) is 6.61 Å². The van der Waals surface area contributed by atoms with Crippen LogP contribution in [0.1, 0.15) is 59.8 Å². The van der Waals surface area contributed by atoms with E-state index >= 15 is 0 Å². The van der Waals surface area contributed by atoms with Crippen molar-refractivity contribution < 1.29 is 19.4 Å². The van der Waals surface area contributed by atoms with Crippen LogP contribution in [0.4, 0.5) is 0 Å². The van der Waals surface area contributed by atoms with Gasteiger partial charge in [-0.15, -0.1) is 0 Å². The van der Waals surface area contributed by atoms with Gasteiger partial charge in [0.2, 0.25) is 0 Å². The van der Waals surface area contributed by atoms with E-state index in [1.807, 2.05) is 0 Å². The summed E-state index contributed by atoms with van der Waals surface area (Å²) in [5.74, 6) is -0.479. The largest absolute Gasteiger partial charge is 0.481 e. The highest BCUT2D eigenvalue weighted by Crippen LogP contribution is 2.28. The van der Waals surface area contributed by atoms with E-state index in [2.05, 4.69) is 20.8 Å². The Morgan fingerprint density at radius 3 is 2.55 bits per heavy atom. The van der Waals surface area contributed by atoms with Crippen molar-refractivity contribution in [2.24, 2.45) is 17.8 Å².